The lowest BCUT2D eigenvalue weighted by atomic mass is 10.1. The number of aryl methyl sites for hydroxylation is 1. The van der Waals surface area contributed by atoms with Crippen molar-refractivity contribution in [1.82, 2.24) is 15.3 Å². The predicted octanol–water partition coefficient (Wildman–Crippen LogP) is 3.09. The minimum Gasteiger partial charge on any atom is -0.351 e. The monoisotopic (exact) mass is 284 g/mol. The van der Waals surface area contributed by atoms with Crippen LogP contribution in [0.4, 0.5) is 5.82 Å². The molecule has 0 fully saturated rings. The first-order valence-corrected chi connectivity index (χ1v) is 7.44. The third-order valence-corrected chi connectivity index (χ3v) is 3.71. The van der Waals surface area contributed by atoms with Crippen LogP contribution in [0.15, 0.2) is 36.5 Å². The van der Waals surface area contributed by atoms with Gasteiger partial charge in [-0.25, -0.2) is 4.98 Å². The molecule has 0 bridgehead atoms. The van der Waals surface area contributed by atoms with Crippen molar-refractivity contribution >= 4 is 5.82 Å². The van der Waals surface area contributed by atoms with Gasteiger partial charge in [0.1, 0.15) is 5.82 Å². The maximum atomic E-state index is 4.60. The van der Waals surface area contributed by atoms with Gasteiger partial charge in [-0.15, -0.1) is 0 Å². The number of anilines is 1. The summed E-state index contributed by atoms with van der Waals surface area (Å²) in [6.45, 7) is 7.98. The Morgan fingerprint density at radius 2 is 2.05 bits per heavy atom. The molecule has 21 heavy (non-hydrogen) atoms. The van der Waals surface area contributed by atoms with Crippen molar-refractivity contribution in [2.24, 2.45) is 0 Å². The summed E-state index contributed by atoms with van der Waals surface area (Å²) in [4.78, 5) is 11.4. The maximum absolute atomic E-state index is 4.60. The molecule has 1 unspecified atom stereocenters. The number of pyridine rings is 2. The highest BCUT2D eigenvalue weighted by Crippen LogP contribution is 2.17. The lowest BCUT2D eigenvalue weighted by molar-refractivity contribution is 0.649. The van der Waals surface area contributed by atoms with Crippen LogP contribution in [-0.4, -0.2) is 23.6 Å². The number of nitrogens with one attached hydrogen (secondary N) is 1. The summed E-state index contributed by atoms with van der Waals surface area (Å²) < 4.78 is 0. The van der Waals surface area contributed by atoms with Gasteiger partial charge in [0.15, 0.2) is 0 Å². The van der Waals surface area contributed by atoms with E-state index in [4.69, 9.17) is 0 Å². The van der Waals surface area contributed by atoms with Crippen molar-refractivity contribution in [3.8, 4) is 0 Å². The summed E-state index contributed by atoms with van der Waals surface area (Å²) in [7, 11) is 1.96. The van der Waals surface area contributed by atoms with Gasteiger partial charge in [0, 0.05) is 24.5 Å². The maximum Gasteiger partial charge on any atom is 0.128 e. The third kappa shape index (κ3) is 4.02. The fraction of sp³-hybridized carbons (Fsp3) is 0.412. The van der Waals surface area contributed by atoms with Crippen LogP contribution in [0.3, 0.4) is 0 Å². The predicted molar refractivity (Wildman–Crippen MR) is 87.4 cm³/mol. The normalized spacial score (nSPS) is 12.2. The highest BCUT2D eigenvalue weighted by Gasteiger charge is 2.09. The zero-order valence-electron chi connectivity index (χ0n) is 13.3. The smallest absolute Gasteiger partial charge is 0.128 e. The minimum atomic E-state index is 0.320. The molecule has 1 N–H and O–H groups in total. The van der Waals surface area contributed by atoms with Crippen LogP contribution in [0.5, 0.6) is 0 Å². The average Bonchev–Trinajstić information content (AvgIpc) is 2.52. The van der Waals surface area contributed by atoms with E-state index in [-0.39, 0.29) is 0 Å². The summed E-state index contributed by atoms with van der Waals surface area (Å²) in [5, 5.41) is 3.23. The summed E-state index contributed by atoms with van der Waals surface area (Å²) in [5.41, 5.74) is 3.33. The van der Waals surface area contributed by atoms with Crippen molar-refractivity contribution in [3.05, 3.63) is 53.5 Å². The summed E-state index contributed by atoms with van der Waals surface area (Å²) in [6.07, 6.45) is 1.95. The van der Waals surface area contributed by atoms with Crippen molar-refractivity contribution < 1.29 is 0 Å². The molecule has 0 amide bonds. The Labute approximate surface area is 127 Å². The first-order chi connectivity index (χ1) is 10.1. The second-order valence-electron chi connectivity index (χ2n) is 5.24. The topological polar surface area (TPSA) is 41.1 Å². The minimum absolute atomic E-state index is 0.320. The van der Waals surface area contributed by atoms with Gasteiger partial charge in [0.2, 0.25) is 0 Å². The standard InChI is InChI=1S/C17H24N4/c1-5-21(12-16-8-6-7-13(2)20-16)17-10-9-15(11-19-17)14(3)18-4/h6-11,14,18H,5,12H2,1-4H3. The number of hydrogen-bond donors (Lipinski definition) is 1. The van der Waals surface area contributed by atoms with Gasteiger partial charge in [-0.3, -0.25) is 4.98 Å². The Morgan fingerprint density at radius 3 is 2.62 bits per heavy atom. The van der Waals surface area contributed by atoms with E-state index in [2.05, 4.69) is 58.3 Å². The quantitative estimate of drug-likeness (QED) is 0.885. The number of nitrogens with zero attached hydrogens (tertiary/aromatic N) is 3. The molecule has 2 rings (SSSR count). The second kappa shape index (κ2) is 7.18. The van der Waals surface area contributed by atoms with Crippen molar-refractivity contribution in [1.29, 1.82) is 0 Å². The fourth-order valence-corrected chi connectivity index (χ4v) is 2.25. The SMILES string of the molecule is CCN(Cc1cccc(C)n1)c1ccc(C(C)NC)cn1. The molecule has 0 aromatic carbocycles. The molecule has 2 aromatic heterocycles. The molecule has 2 aromatic rings. The summed E-state index contributed by atoms with van der Waals surface area (Å²) >= 11 is 0. The number of hydrogen-bond acceptors (Lipinski definition) is 4. The zero-order valence-corrected chi connectivity index (χ0v) is 13.3. The Kier molecular flexibility index (Phi) is 5.28. The van der Waals surface area contributed by atoms with Crippen LogP contribution in [-0.2, 0) is 6.54 Å². The number of rotatable bonds is 6. The lowest BCUT2D eigenvalue weighted by Gasteiger charge is -2.22. The Hall–Kier alpha value is -1.94. The van der Waals surface area contributed by atoms with Crippen LogP contribution in [0.2, 0.25) is 0 Å². The van der Waals surface area contributed by atoms with Crippen LogP contribution in [0.1, 0.15) is 36.8 Å². The molecule has 112 valence electrons. The first kappa shape index (κ1) is 15.4. The number of aromatic nitrogens is 2. The van der Waals surface area contributed by atoms with Crippen molar-refractivity contribution in [2.75, 3.05) is 18.5 Å². The van der Waals surface area contributed by atoms with E-state index in [9.17, 15) is 0 Å². The Balaban J connectivity index is 2.14. The van der Waals surface area contributed by atoms with Crippen LogP contribution < -0.4 is 10.2 Å². The van der Waals surface area contributed by atoms with Gasteiger partial charge in [0.25, 0.3) is 0 Å². The highest BCUT2D eigenvalue weighted by molar-refractivity contribution is 5.40. The van der Waals surface area contributed by atoms with Gasteiger partial charge in [-0.2, -0.15) is 0 Å². The average molecular weight is 284 g/mol. The van der Waals surface area contributed by atoms with Gasteiger partial charge in [-0.05, 0) is 51.6 Å². The second-order valence-corrected chi connectivity index (χ2v) is 5.24. The molecule has 2 heterocycles. The largest absolute Gasteiger partial charge is 0.351 e. The Bertz CT molecular complexity index is 565. The van der Waals surface area contributed by atoms with Gasteiger partial charge in [0.05, 0.1) is 12.2 Å². The van der Waals surface area contributed by atoms with E-state index >= 15 is 0 Å². The molecule has 4 nitrogen and oxygen atoms in total. The van der Waals surface area contributed by atoms with Crippen LogP contribution in [0, 0.1) is 6.92 Å². The first-order valence-electron chi connectivity index (χ1n) is 7.44. The van der Waals surface area contributed by atoms with E-state index < -0.39 is 0 Å². The van der Waals surface area contributed by atoms with E-state index in [0.29, 0.717) is 6.04 Å². The van der Waals surface area contributed by atoms with Crippen LogP contribution in [0.25, 0.3) is 0 Å². The molecule has 1 atom stereocenters. The molecule has 0 saturated heterocycles. The molecule has 0 aliphatic heterocycles. The van der Waals surface area contributed by atoms with Gasteiger partial charge < -0.3 is 10.2 Å². The Morgan fingerprint density at radius 1 is 1.24 bits per heavy atom. The van der Waals surface area contributed by atoms with E-state index in [0.717, 1.165) is 30.3 Å². The van der Waals surface area contributed by atoms with Crippen molar-refractivity contribution in [3.63, 3.8) is 0 Å². The fourth-order valence-electron chi connectivity index (χ4n) is 2.25. The molecular weight excluding hydrogens is 260 g/mol. The molecule has 0 saturated carbocycles. The molecule has 0 radical (unpaired) electrons. The summed E-state index contributed by atoms with van der Waals surface area (Å²) in [6, 6.07) is 10.7. The molecule has 0 spiro atoms. The summed E-state index contributed by atoms with van der Waals surface area (Å²) in [5.74, 6) is 0.993. The van der Waals surface area contributed by atoms with E-state index in [1.807, 2.05) is 26.2 Å². The molecule has 4 heteroatoms. The van der Waals surface area contributed by atoms with Crippen LogP contribution >= 0.6 is 0 Å². The van der Waals surface area contributed by atoms with E-state index in [1.54, 1.807) is 0 Å². The third-order valence-electron chi connectivity index (χ3n) is 3.71. The highest BCUT2D eigenvalue weighted by atomic mass is 15.2. The zero-order chi connectivity index (χ0) is 15.2. The molecular formula is C17H24N4. The van der Waals surface area contributed by atoms with Crippen molar-refractivity contribution in [2.45, 2.75) is 33.4 Å². The lowest BCUT2D eigenvalue weighted by Crippen LogP contribution is -2.24. The van der Waals surface area contributed by atoms with Gasteiger partial charge in [-0.1, -0.05) is 12.1 Å². The molecule has 0 aliphatic rings. The van der Waals surface area contributed by atoms with Gasteiger partial charge >= 0.3 is 0 Å². The van der Waals surface area contributed by atoms with E-state index in [1.165, 1.54) is 5.56 Å². The molecule has 0 aliphatic carbocycles.